The topological polar surface area (TPSA) is 55.6 Å². The summed E-state index contributed by atoms with van der Waals surface area (Å²) in [5.41, 5.74) is 3.11. The second kappa shape index (κ2) is 7.89. The van der Waals surface area contributed by atoms with Crippen LogP contribution in [0.2, 0.25) is 0 Å². The summed E-state index contributed by atoms with van der Waals surface area (Å²) in [5.74, 6) is 1.62. The number of hydrogen-bond acceptors (Lipinski definition) is 5. The minimum absolute atomic E-state index is 0.404. The highest BCUT2D eigenvalue weighted by Gasteiger charge is 2.22. The molecule has 2 aromatic heterocycles. The third-order valence-electron chi connectivity index (χ3n) is 5.59. The van der Waals surface area contributed by atoms with Crippen molar-refractivity contribution in [2.45, 2.75) is 57.1 Å². The van der Waals surface area contributed by atoms with Gasteiger partial charge in [-0.3, -0.25) is 0 Å². The maximum atomic E-state index is 4.76. The molecule has 0 spiro atoms. The van der Waals surface area contributed by atoms with Gasteiger partial charge in [-0.05, 0) is 51.0 Å². The third kappa shape index (κ3) is 3.81. The molecule has 5 nitrogen and oxygen atoms in total. The normalized spacial score (nSPS) is 16.6. The molecular weight excluding hydrogens is 354 g/mol. The van der Waals surface area contributed by atoms with E-state index in [-0.39, 0.29) is 0 Å². The van der Waals surface area contributed by atoms with E-state index in [1.54, 1.807) is 11.8 Å². The molecule has 1 aliphatic rings. The highest BCUT2D eigenvalue weighted by Crippen LogP contribution is 2.30. The molecule has 0 amide bonds. The lowest BCUT2D eigenvalue weighted by molar-refractivity contribution is 0.328. The highest BCUT2D eigenvalue weighted by molar-refractivity contribution is 7.98. The number of aryl methyl sites for hydroxylation is 1. The van der Waals surface area contributed by atoms with E-state index >= 15 is 0 Å². The van der Waals surface area contributed by atoms with Crippen molar-refractivity contribution >= 4 is 28.6 Å². The molecule has 1 aromatic carbocycles. The molecule has 1 unspecified atom stereocenters. The van der Waals surface area contributed by atoms with Gasteiger partial charge in [0.05, 0.1) is 17.3 Å². The summed E-state index contributed by atoms with van der Waals surface area (Å²) in [5, 5.41) is 10.1. The zero-order valence-corrected chi connectivity index (χ0v) is 17.1. The monoisotopic (exact) mass is 381 g/mol. The van der Waals surface area contributed by atoms with E-state index in [1.807, 2.05) is 17.1 Å². The Bertz CT molecular complexity index is 912. The average Bonchev–Trinajstić information content (AvgIpc) is 3.13. The summed E-state index contributed by atoms with van der Waals surface area (Å²) in [7, 11) is 0. The number of rotatable bonds is 5. The van der Waals surface area contributed by atoms with Gasteiger partial charge >= 0.3 is 0 Å². The van der Waals surface area contributed by atoms with Gasteiger partial charge in [-0.2, -0.15) is 5.10 Å². The molecule has 6 heteroatoms. The number of benzene rings is 1. The van der Waals surface area contributed by atoms with Gasteiger partial charge in [0, 0.05) is 6.04 Å². The molecule has 0 saturated heterocycles. The number of fused-ring (bicyclic) bond motifs is 1. The average molecular weight is 382 g/mol. The molecule has 0 radical (unpaired) electrons. The minimum atomic E-state index is 0.404. The summed E-state index contributed by atoms with van der Waals surface area (Å²) >= 11 is 1.57. The molecule has 1 N–H and O–H groups in total. The lowest BCUT2D eigenvalue weighted by Gasteiger charge is -2.28. The van der Waals surface area contributed by atoms with Crippen LogP contribution in [0.3, 0.4) is 0 Å². The van der Waals surface area contributed by atoms with E-state index in [1.165, 1.54) is 37.7 Å². The Morgan fingerprint density at radius 1 is 1.11 bits per heavy atom. The van der Waals surface area contributed by atoms with Gasteiger partial charge in [-0.15, -0.1) is 0 Å². The number of hydrogen-bond donors (Lipinski definition) is 1. The molecule has 0 aliphatic heterocycles. The van der Waals surface area contributed by atoms with Crippen molar-refractivity contribution in [3.05, 3.63) is 36.0 Å². The van der Waals surface area contributed by atoms with Gasteiger partial charge in [0.2, 0.25) is 0 Å². The van der Waals surface area contributed by atoms with E-state index in [9.17, 15) is 0 Å². The molecule has 0 bridgehead atoms. The van der Waals surface area contributed by atoms with Crippen molar-refractivity contribution in [3.8, 4) is 5.69 Å². The van der Waals surface area contributed by atoms with Crippen LogP contribution >= 0.6 is 11.8 Å². The number of nitrogens with zero attached hydrogens (tertiary/aromatic N) is 4. The third-order valence-corrected chi connectivity index (χ3v) is 6.14. The van der Waals surface area contributed by atoms with Crippen LogP contribution in [-0.4, -0.2) is 32.0 Å². The predicted octanol–water partition coefficient (Wildman–Crippen LogP) is 5.23. The summed E-state index contributed by atoms with van der Waals surface area (Å²) < 4.78 is 1.91. The number of anilines is 1. The van der Waals surface area contributed by atoms with Crippen molar-refractivity contribution < 1.29 is 0 Å². The molecule has 27 heavy (non-hydrogen) atoms. The first-order valence-corrected chi connectivity index (χ1v) is 11.0. The Morgan fingerprint density at radius 3 is 2.56 bits per heavy atom. The van der Waals surface area contributed by atoms with Gasteiger partial charge in [-0.1, -0.05) is 48.7 Å². The van der Waals surface area contributed by atoms with Crippen LogP contribution in [0.15, 0.2) is 35.6 Å². The molecule has 1 atom stereocenters. The van der Waals surface area contributed by atoms with Crippen LogP contribution < -0.4 is 5.32 Å². The molecule has 1 aliphatic carbocycles. The molecule has 1 fully saturated rings. The van der Waals surface area contributed by atoms with Crippen molar-refractivity contribution in [3.63, 3.8) is 0 Å². The van der Waals surface area contributed by atoms with Gasteiger partial charge in [0.1, 0.15) is 5.82 Å². The number of aromatic nitrogens is 4. The van der Waals surface area contributed by atoms with E-state index in [0.717, 1.165) is 27.7 Å². The lowest BCUT2D eigenvalue weighted by atomic mass is 9.84. The van der Waals surface area contributed by atoms with E-state index in [0.29, 0.717) is 12.0 Å². The van der Waals surface area contributed by atoms with Gasteiger partial charge in [-0.25, -0.2) is 14.6 Å². The molecule has 3 aromatic rings. The molecule has 142 valence electrons. The lowest BCUT2D eigenvalue weighted by Crippen LogP contribution is -2.28. The Labute approximate surface area is 165 Å². The second-order valence-electron chi connectivity index (χ2n) is 7.52. The molecule has 1 saturated carbocycles. The molecule has 4 rings (SSSR count). The quantitative estimate of drug-likeness (QED) is 0.485. The van der Waals surface area contributed by atoms with Crippen LogP contribution in [0.4, 0.5) is 5.82 Å². The zero-order valence-electron chi connectivity index (χ0n) is 16.3. The summed E-state index contributed by atoms with van der Waals surface area (Å²) in [4.78, 5) is 9.51. The SMILES string of the molecule is CSc1nc(NC(C)C2CCCCC2)c2cnn(-c3ccc(C)cc3)c2n1. The van der Waals surface area contributed by atoms with Crippen LogP contribution in [0, 0.1) is 12.8 Å². The maximum absolute atomic E-state index is 4.76. The Kier molecular flexibility index (Phi) is 5.34. The van der Waals surface area contributed by atoms with Gasteiger partial charge in [0.25, 0.3) is 0 Å². The van der Waals surface area contributed by atoms with Crippen LogP contribution in [0.5, 0.6) is 0 Å². The molecular formula is C21H27N5S. The Balaban J connectivity index is 1.71. The van der Waals surface area contributed by atoms with Crippen LogP contribution in [-0.2, 0) is 0 Å². The fraction of sp³-hybridized carbons (Fsp3) is 0.476. The van der Waals surface area contributed by atoms with Crippen LogP contribution in [0.25, 0.3) is 16.7 Å². The first-order valence-electron chi connectivity index (χ1n) is 9.79. The standard InChI is InChI=1S/C21H27N5S/c1-14-9-11-17(12-10-14)26-20-18(13-22-26)19(24-21(25-20)27-3)23-15(2)16-7-5-4-6-8-16/h9-13,15-16H,4-8H2,1-3H3,(H,23,24,25). The summed E-state index contributed by atoms with van der Waals surface area (Å²) in [6, 6.07) is 8.77. The smallest absolute Gasteiger partial charge is 0.191 e. The van der Waals surface area contributed by atoms with Crippen molar-refractivity contribution in [2.75, 3.05) is 11.6 Å². The first-order chi connectivity index (χ1) is 13.2. The van der Waals surface area contributed by atoms with E-state index in [2.05, 4.69) is 48.5 Å². The largest absolute Gasteiger partial charge is 0.367 e. The summed E-state index contributed by atoms with van der Waals surface area (Å²) in [6.07, 6.45) is 10.6. The van der Waals surface area contributed by atoms with Crippen molar-refractivity contribution in [2.24, 2.45) is 5.92 Å². The second-order valence-corrected chi connectivity index (χ2v) is 8.29. The van der Waals surface area contributed by atoms with Gasteiger partial charge in [0.15, 0.2) is 10.8 Å². The van der Waals surface area contributed by atoms with Gasteiger partial charge < -0.3 is 5.32 Å². The maximum Gasteiger partial charge on any atom is 0.191 e. The highest BCUT2D eigenvalue weighted by atomic mass is 32.2. The predicted molar refractivity (Wildman–Crippen MR) is 113 cm³/mol. The Hall–Kier alpha value is -2.08. The zero-order chi connectivity index (χ0) is 18.8. The minimum Gasteiger partial charge on any atom is -0.367 e. The fourth-order valence-electron chi connectivity index (χ4n) is 3.93. The Morgan fingerprint density at radius 2 is 1.85 bits per heavy atom. The van der Waals surface area contributed by atoms with E-state index < -0.39 is 0 Å². The van der Waals surface area contributed by atoms with Crippen LogP contribution in [0.1, 0.15) is 44.6 Å². The van der Waals surface area contributed by atoms with Crippen molar-refractivity contribution in [1.82, 2.24) is 19.7 Å². The first kappa shape index (κ1) is 18.3. The summed E-state index contributed by atoms with van der Waals surface area (Å²) in [6.45, 7) is 4.38. The number of thioether (sulfide) groups is 1. The number of nitrogens with one attached hydrogen (secondary N) is 1. The van der Waals surface area contributed by atoms with Crippen molar-refractivity contribution in [1.29, 1.82) is 0 Å². The molecule has 2 heterocycles. The van der Waals surface area contributed by atoms with E-state index in [4.69, 9.17) is 9.97 Å². The fourth-order valence-corrected chi connectivity index (χ4v) is 4.29.